The molecule has 220 valence electrons. The van der Waals surface area contributed by atoms with Gasteiger partial charge in [-0.05, 0) is 50.8 Å². The van der Waals surface area contributed by atoms with Crippen LogP contribution in [0.15, 0.2) is 18.3 Å². The van der Waals surface area contributed by atoms with Crippen molar-refractivity contribution in [2.45, 2.75) is 62.2 Å². The van der Waals surface area contributed by atoms with Crippen molar-refractivity contribution in [1.29, 1.82) is 5.26 Å². The second kappa shape index (κ2) is 9.91. The quantitative estimate of drug-likeness (QED) is 0.418. The topological polar surface area (TPSA) is 146 Å². The fraction of sp³-hybridized carbons (Fsp3) is 0.552. The van der Waals surface area contributed by atoms with Gasteiger partial charge in [-0.25, -0.2) is 9.37 Å². The van der Waals surface area contributed by atoms with Crippen LogP contribution in [-0.4, -0.2) is 76.4 Å². The van der Waals surface area contributed by atoms with Crippen LogP contribution in [0.4, 0.5) is 27.1 Å². The molecule has 0 bridgehead atoms. The number of rotatable bonds is 7. The molecule has 4 N–H and O–H groups in total. The van der Waals surface area contributed by atoms with Gasteiger partial charge >= 0.3 is 6.01 Å². The fourth-order valence-corrected chi connectivity index (χ4v) is 8.62. The van der Waals surface area contributed by atoms with Gasteiger partial charge in [0.2, 0.25) is 11.9 Å². The molecule has 3 atom stereocenters. The average molecular weight is 591 g/mol. The summed E-state index contributed by atoms with van der Waals surface area (Å²) < 4.78 is 20.7. The van der Waals surface area contributed by atoms with Crippen molar-refractivity contribution in [3.63, 3.8) is 0 Å². The van der Waals surface area contributed by atoms with Crippen molar-refractivity contribution >= 4 is 34.1 Å². The largest absolute Gasteiger partial charge is 0.461 e. The van der Waals surface area contributed by atoms with Gasteiger partial charge in [0, 0.05) is 55.2 Å². The number of pyridine rings is 1. The van der Waals surface area contributed by atoms with Crippen LogP contribution in [0.1, 0.15) is 60.2 Å². The smallest absolute Gasteiger partial charge is 0.323 e. The first-order valence-electron chi connectivity index (χ1n) is 14.5. The predicted molar refractivity (Wildman–Crippen MR) is 159 cm³/mol. The highest BCUT2D eigenvalue weighted by molar-refractivity contribution is 7.16. The number of nitrogens with two attached hydrogens (primary N) is 2. The van der Waals surface area contributed by atoms with Crippen LogP contribution < -0.4 is 26.0 Å². The zero-order chi connectivity index (χ0) is 29.2. The molecule has 3 aromatic heterocycles. The van der Waals surface area contributed by atoms with E-state index in [2.05, 4.69) is 20.9 Å². The van der Waals surface area contributed by atoms with Crippen LogP contribution in [-0.2, 0) is 11.8 Å². The number of thiophene rings is 1. The van der Waals surface area contributed by atoms with E-state index in [4.69, 9.17) is 31.2 Å². The van der Waals surface area contributed by atoms with Crippen LogP contribution >= 0.6 is 11.3 Å². The van der Waals surface area contributed by atoms with Gasteiger partial charge in [-0.3, -0.25) is 4.90 Å². The van der Waals surface area contributed by atoms with E-state index in [9.17, 15) is 9.65 Å². The third-order valence-corrected chi connectivity index (χ3v) is 10.9. The maximum atomic E-state index is 14.4. The molecule has 0 saturated carbocycles. The van der Waals surface area contributed by atoms with E-state index in [0.29, 0.717) is 60.9 Å². The molecule has 3 aliphatic heterocycles. The molecule has 1 unspecified atom stereocenters. The maximum Gasteiger partial charge on any atom is 0.323 e. The molecule has 11 nitrogen and oxygen atoms in total. The minimum Gasteiger partial charge on any atom is -0.461 e. The van der Waals surface area contributed by atoms with Crippen molar-refractivity contribution < 1.29 is 9.13 Å². The lowest BCUT2D eigenvalue weighted by molar-refractivity contribution is 0.107. The summed E-state index contributed by atoms with van der Waals surface area (Å²) in [6, 6.07) is 6.20. The first-order chi connectivity index (χ1) is 20.2. The third-order valence-electron chi connectivity index (χ3n) is 9.79. The first kappa shape index (κ1) is 27.1. The van der Waals surface area contributed by atoms with E-state index < -0.39 is 6.17 Å². The normalized spacial score (nSPS) is 24.7. The molecule has 3 fully saturated rings. The van der Waals surface area contributed by atoms with Gasteiger partial charge in [0.05, 0.1) is 17.1 Å². The van der Waals surface area contributed by atoms with Crippen molar-refractivity contribution in [3.8, 4) is 12.1 Å². The van der Waals surface area contributed by atoms with Gasteiger partial charge in [0.25, 0.3) is 0 Å². The van der Waals surface area contributed by atoms with Gasteiger partial charge in [0.1, 0.15) is 29.7 Å². The van der Waals surface area contributed by atoms with Gasteiger partial charge in [-0.15, -0.1) is 11.3 Å². The maximum absolute atomic E-state index is 14.4. The van der Waals surface area contributed by atoms with Crippen LogP contribution in [0.2, 0.25) is 0 Å². The molecule has 6 heterocycles. The van der Waals surface area contributed by atoms with E-state index in [1.165, 1.54) is 16.2 Å². The Hall–Kier alpha value is -3.76. The van der Waals surface area contributed by atoms with Gasteiger partial charge in [0.15, 0.2) is 0 Å². The molecular formula is C29H35FN10OS. The Morgan fingerprint density at radius 2 is 2.12 bits per heavy atom. The number of anilines is 4. The van der Waals surface area contributed by atoms with Crippen molar-refractivity contribution in [3.05, 3.63) is 39.9 Å². The van der Waals surface area contributed by atoms with Crippen molar-refractivity contribution in [2.75, 3.05) is 61.1 Å². The Balaban J connectivity index is 1.19. The van der Waals surface area contributed by atoms with E-state index in [-0.39, 0.29) is 23.0 Å². The standard InChI is InChI=1S/C29H35FN10OS/c1-17(19-5-3-9-34-23(19)32)38(2)25-35-26(37-27(36-25)41-16-29-7-4-10-40(29)13-18(30)11-29)39-14-28(15-39)8-6-21-22(28)20(12-31)24(33)42-21/h3,5,9,17-18H,4,6-8,10-11,13-16,33H2,1-2H3,(H2,32,34)/t17?,18-,29+/m1/s1. The van der Waals surface area contributed by atoms with Gasteiger partial charge < -0.3 is 26.0 Å². The van der Waals surface area contributed by atoms with E-state index in [1.807, 2.05) is 31.0 Å². The number of hydrogen-bond donors (Lipinski definition) is 2. The number of halogens is 1. The lowest BCUT2D eigenvalue weighted by atomic mass is 9.74. The molecule has 13 heteroatoms. The SMILES string of the molecule is CC(c1cccnc1N)N(C)c1nc(OC[C@@]23CCCN2C[C@H](F)C3)nc(N2CC3(CCc4sc(N)c(C#N)c43)C2)n1. The molecule has 4 aliphatic rings. The molecule has 0 radical (unpaired) electrons. The molecule has 3 saturated heterocycles. The molecule has 1 aliphatic carbocycles. The summed E-state index contributed by atoms with van der Waals surface area (Å²) in [5.74, 6) is 1.42. The Kier molecular flexibility index (Phi) is 6.40. The monoisotopic (exact) mass is 590 g/mol. The lowest BCUT2D eigenvalue weighted by Gasteiger charge is -2.48. The van der Waals surface area contributed by atoms with Gasteiger partial charge in [-0.1, -0.05) is 6.07 Å². The van der Waals surface area contributed by atoms with Crippen molar-refractivity contribution in [2.24, 2.45) is 0 Å². The number of nitriles is 1. The summed E-state index contributed by atoms with van der Waals surface area (Å²) in [4.78, 5) is 26.1. The molecule has 7 rings (SSSR count). The lowest BCUT2D eigenvalue weighted by Crippen LogP contribution is -2.59. The highest BCUT2D eigenvalue weighted by Crippen LogP contribution is 2.52. The Morgan fingerprint density at radius 3 is 2.90 bits per heavy atom. The number of aryl methyl sites for hydroxylation is 1. The summed E-state index contributed by atoms with van der Waals surface area (Å²) in [6.07, 6.45) is 5.13. The van der Waals surface area contributed by atoms with Crippen LogP contribution in [0.3, 0.4) is 0 Å². The number of alkyl halides is 1. The molecule has 3 aromatic rings. The minimum atomic E-state index is -0.840. The second-order valence-corrected chi connectivity index (χ2v) is 13.4. The predicted octanol–water partition coefficient (Wildman–Crippen LogP) is 3.22. The minimum absolute atomic E-state index is 0.130. The second-order valence-electron chi connectivity index (χ2n) is 12.2. The summed E-state index contributed by atoms with van der Waals surface area (Å²) >= 11 is 1.54. The first-order valence-corrected chi connectivity index (χ1v) is 15.3. The number of nitrogen functional groups attached to an aromatic ring is 2. The highest BCUT2D eigenvalue weighted by Gasteiger charge is 2.52. The number of nitrogens with zero attached hydrogens (tertiary/aromatic N) is 8. The van der Waals surface area contributed by atoms with E-state index in [0.717, 1.165) is 43.4 Å². The molecule has 42 heavy (non-hydrogen) atoms. The van der Waals surface area contributed by atoms with E-state index >= 15 is 0 Å². The molecule has 1 spiro atoms. The summed E-state index contributed by atoms with van der Waals surface area (Å²) in [5, 5.41) is 10.4. The summed E-state index contributed by atoms with van der Waals surface area (Å²) in [7, 11) is 1.91. The number of hydrogen-bond acceptors (Lipinski definition) is 12. The summed E-state index contributed by atoms with van der Waals surface area (Å²) in [5.41, 5.74) is 14.5. The number of fused-ring (bicyclic) bond motifs is 3. The van der Waals surface area contributed by atoms with Crippen molar-refractivity contribution in [1.82, 2.24) is 24.8 Å². The van der Waals surface area contributed by atoms with Crippen LogP contribution in [0.5, 0.6) is 6.01 Å². The highest BCUT2D eigenvalue weighted by atomic mass is 32.1. The Labute approximate surface area is 248 Å². The third kappa shape index (κ3) is 4.22. The number of ether oxygens (including phenoxy) is 1. The van der Waals surface area contributed by atoms with Crippen LogP contribution in [0.25, 0.3) is 0 Å². The Bertz CT molecular complexity index is 1570. The zero-order valence-corrected chi connectivity index (χ0v) is 24.7. The average Bonchev–Trinajstić information content (AvgIpc) is 3.68. The zero-order valence-electron chi connectivity index (χ0n) is 23.9. The molecule has 0 amide bonds. The molecule has 0 aromatic carbocycles. The Morgan fingerprint density at radius 1 is 1.29 bits per heavy atom. The van der Waals surface area contributed by atoms with Crippen LogP contribution in [0, 0.1) is 11.3 Å². The van der Waals surface area contributed by atoms with Gasteiger partial charge in [-0.2, -0.15) is 20.2 Å². The molecular weight excluding hydrogens is 555 g/mol. The summed E-state index contributed by atoms with van der Waals surface area (Å²) in [6.45, 7) is 5.07. The fourth-order valence-electron chi connectivity index (χ4n) is 7.48. The van der Waals surface area contributed by atoms with E-state index in [1.54, 1.807) is 6.20 Å². The number of aromatic nitrogens is 4.